The first-order chi connectivity index (χ1) is 9.45. The predicted molar refractivity (Wildman–Crippen MR) is 80.1 cm³/mol. The molecule has 0 unspecified atom stereocenters. The number of halogens is 1. The molecule has 0 saturated heterocycles. The molecule has 0 saturated carbocycles. The Morgan fingerprint density at radius 1 is 1.25 bits per heavy atom. The van der Waals surface area contributed by atoms with E-state index in [0.29, 0.717) is 5.33 Å². The maximum absolute atomic E-state index is 12.4. The summed E-state index contributed by atoms with van der Waals surface area (Å²) in [6.45, 7) is 3.54. The standard InChI is InChI=1S/C13H18BrNO4S/c1-3-15(10-13(16)19-4-2)20(17,18)12-7-5-11(9-14)6-8-12/h5-8H,3-4,9-10H2,1-2H3. The van der Waals surface area contributed by atoms with E-state index in [4.69, 9.17) is 4.74 Å². The Morgan fingerprint density at radius 2 is 1.85 bits per heavy atom. The molecule has 0 aliphatic heterocycles. The molecule has 1 rings (SSSR count). The molecule has 1 aromatic rings. The van der Waals surface area contributed by atoms with Crippen molar-refractivity contribution in [3.8, 4) is 0 Å². The van der Waals surface area contributed by atoms with Gasteiger partial charge in [0.05, 0.1) is 11.5 Å². The van der Waals surface area contributed by atoms with Gasteiger partial charge in [0, 0.05) is 11.9 Å². The van der Waals surface area contributed by atoms with Gasteiger partial charge in [0.15, 0.2) is 0 Å². The number of rotatable bonds is 7. The summed E-state index contributed by atoms with van der Waals surface area (Å²) in [5, 5.41) is 0.660. The third kappa shape index (κ3) is 4.29. The molecule has 7 heteroatoms. The van der Waals surface area contributed by atoms with Crippen molar-refractivity contribution in [3.05, 3.63) is 29.8 Å². The maximum atomic E-state index is 12.4. The number of carbonyl (C=O) groups excluding carboxylic acids is 1. The predicted octanol–water partition coefficient (Wildman–Crippen LogP) is 2.16. The fourth-order valence-electron chi connectivity index (χ4n) is 1.62. The zero-order valence-corrected chi connectivity index (χ0v) is 13.9. The van der Waals surface area contributed by atoms with Gasteiger partial charge < -0.3 is 4.74 Å². The van der Waals surface area contributed by atoms with E-state index >= 15 is 0 Å². The Labute approximate surface area is 128 Å². The van der Waals surface area contributed by atoms with Crippen LogP contribution in [0, 0.1) is 0 Å². The number of alkyl halides is 1. The quantitative estimate of drug-likeness (QED) is 0.549. The molecule has 0 atom stereocenters. The van der Waals surface area contributed by atoms with Crippen molar-refractivity contribution >= 4 is 31.9 Å². The van der Waals surface area contributed by atoms with Crippen LogP contribution >= 0.6 is 15.9 Å². The lowest BCUT2D eigenvalue weighted by Gasteiger charge is -2.19. The number of sulfonamides is 1. The molecule has 0 aromatic heterocycles. The molecule has 0 heterocycles. The van der Waals surface area contributed by atoms with Crippen LogP contribution in [0.4, 0.5) is 0 Å². The number of likely N-dealkylation sites (N-methyl/N-ethyl adjacent to an activating group) is 1. The molecule has 0 fully saturated rings. The first-order valence-corrected chi connectivity index (χ1v) is 8.82. The lowest BCUT2D eigenvalue weighted by molar-refractivity contribution is -0.143. The molecule has 0 N–H and O–H groups in total. The minimum Gasteiger partial charge on any atom is -0.465 e. The van der Waals surface area contributed by atoms with Crippen LogP contribution in [0.5, 0.6) is 0 Å². The zero-order chi connectivity index (χ0) is 15.2. The fraction of sp³-hybridized carbons (Fsp3) is 0.462. The molecular formula is C13H18BrNO4S. The largest absolute Gasteiger partial charge is 0.465 e. The van der Waals surface area contributed by atoms with E-state index in [9.17, 15) is 13.2 Å². The monoisotopic (exact) mass is 363 g/mol. The first-order valence-electron chi connectivity index (χ1n) is 6.26. The molecule has 5 nitrogen and oxygen atoms in total. The maximum Gasteiger partial charge on any atom is 0.321 e. The minimum atomic E-state index is -3.67. The molecular weight excluding hydrogens is 346 g/mol. The smallest absolute Gasteiger partial charge is 0.321 e. The second-order valence-corrected chi connectivity index (χ2v) is 6.51. The average Bonchev–Trinajstić information content (AvgIpc) is 2.45. The van der Waals surface area contributed by atoms with E-state index in [1.807, 2.05) is 0 Å². The van der Waals surface area contributed by atoms with Gasteiger partial charge in [-0.25, -0.2) is 8.42 Å². The molecule has 0 aliphatic carbocycles. The molecule has 20 heavy (non-hydrogen) atoms. The van der Waals surface area contributed by atoms with Gasteiger partial charge in [-0.2, -0.15) is 4.31 Å². The summed E-state index contributed by atoms with van der Waals surface area (Å²) in [6, 6.07) is 6.55. The highest BCUT2D eigenvalue weighted by atomic mass is 79.9. The van der Waals surface area contributed by atoms with Gasteiger partial charge in [0.2, 0.25) is 10.0 Å². The van der Waals surface area contributed by atoms with E-state index in [0.717, 1.165) is 9.87 Å². The Bertz CT molecular complexity index is 542. The van der Waals surface area contributed by atoms with E-state index in [1.165, 1.54) is 0 Å². The van der Waals surface area contributed by atoms with Gasteiger partial charge in [-0.3, -0.25) is 4.79 Å². The fourth-order valence-corrected chi connectivity index (χ4v) is 3.38. The molecule has 1 aromatic carbocycles. The minimum absolute atomic E-state index is 0.174. The normalized spacial score (nSPS) is 11.6. The van der Waals surface area contributed by atoms with Crippen molar-refractivity contribution in [2.75, 3.05) is 19.7 Å². The highest BCUT2D eigenvalue weighted by Gasteiger charge is 2.25. The van der Waals surface area contributed by atoms with E-state index in [-0.39, 0.29) is 24.6 Å². The number of hydrogen-bond donors (Lipinski definition) is 0. The van der Waals surface area contributed by atoms with Crippen LogP contribution in [0.1, 0.15) is 19.4 Å². The van der Waals surface area contributed by atoms with Crippen molar-refractivity contribution < 1.29 is 17.9 Å². The van der Waals surface area contributed by atoms with Crippen LogP contribution in [0.15, 0.2) is 29.2 Å². The molecule has 112 valence electrons. The molecule has 0 radical (unpaired) electrons. The van der Waals surface area contributed by atoms with Crippen molar-refractivity contribution in [3.63, 3.8) is 0 Å². The van der Waals surface area contributed by atoms with Crippen molar-refractivity contribution in [2.45, 2.75) is 24.1 Å². The van der Waals surface area contributed by atoms with Crippen LogP contribution in [0.2, 0.25) is 0 Å². The average molecular weight is 364 g/mol. The third-order valence-electron chi connectivity index (χ3n) is 2.68. The van der Waals surface area contributed by atoms with Gasteiger partial charge in [-0.1, -0.05) is 35.0 Å². The highest BCUT2D eigenvalue weighted by molar-refractivity contribution is 9.08. The van der Waals surface area contributed by atoms with Crippen molar-refractivity contribution in [1.82, 2.24) is 4.31 Å². The van der Waals surface area contributed by atoms with E-state index in [2.05, 4.69) is 15.9 Å². The van der Waals surface area contributed by atoms with E-state index < -0.39 is 16.0 Å². The lowest BCUT2D eigenvalue weighted by atomic mass is 10.2. The molecule has 0 spiro atoms. The Hall–Kier alpha value is -0.920. The number of benzene rings is 1. The Morgan fingerprint density at radius 3 is 2.30 bits per heavy atom. The summed E-state index contributed by atoms with van der Waals surface area (Å²) >= 11 is 3.30. The van der Waals surface area contributed by atoms with Gasteiger partial charge >= 0.3 is 5.97 Å². The van der Waals surface area contributed by atoms with Crippen LogP contribution < -0.4 is 0 Å². The molecule has 0 bridgehead atoms. The molecule has 0 amide bonds. The van der Waals surface area contributed by atoms with Crippen LogP contribution in [0.3, 0.4) is 0 Å². The summed E-state index contributed by atoms with van der Waals surface area (Å²) in [5.74, 6) is -0.546. The van der Waals surface area contributed by atoms with Crippen molar-refractivity contribution in [2.24, 2.45) is 0 Å². The first kappa shape index (κ1) is 17.1. The second-order valence-electron chi connectivity index (χ2n) is 4.01. The molecule has 0 aliphatic rings. The SMILES string of the molecule is CCOC(=O)CN(CC)S(=O)(=O)c1ccc(CBr)cc1. The van der Waals surface area contributed by atoms with Crippen LogP contribution in [0.25, 0.3) is 0 Å². The van der Waals surface area contributed by atoms with Crippen LogP contribution in [-0.2, 0) is 24.9 Å². The summed E-state index contributed by atoms with van der Waals surface area (Å²) in [6.07, 6.45) is 0. The van der Waals surface area contributed by atoms with Gasteiger partial charge in [-0.15, -0.1) is 0 Å². The topological polar surface area (TPSA) is 63.7 Å². The summed E-state index contributed by atoms with van der Waals surface area (Å²) < 4.78 is 30.7. The summed E-state index contributed by atoms with van der Waals surface area (Å²) in [4.78, 5) is 11.6. The number of carbonyl (C=O) groups is 1. The third-order valence-corrected chi connectivity index (χ3v) is 5.26. The van der Waals surface area contributed by atoms with Gasteiger partial charge in [-0.05, 0) is 24.6 Å². The number of hydrogen-bond acceptors (Lipinski definition) is 4. The Balaban J connectivity index is 2.95. The number of ether oxygens (including phenoxy) is 1. The number of nitrogens with zero attached hydrogens (tertiary/aromatic N) is 1. The second kappa shape index (κ2) is 7.75. The van der Waals surface area contributed by atoms with Gasteiger partial charge in [0.25, 0.3) is 0 Å². The Kier molecular flexibility index (Phi) is 6.64. The number of esters is 1. The van der Waals surface area contributed by atoms with Crippen molar-refractivity contribution in [1.29, 1.82) is 0 Å². The zero-order valence-electron chi connectivity index (χ0n) is 11.5. The van der Waals surface area contributed by atoms with Gasteiger partial charge in [0.1, 0.15) is 6.54 Å². The lowest BCUT2D eigenvalue weighted by Crippen LogP contribution is -2.36. The summed E-state index contributed by atoms with van der Waals surface area (Å²) in [7, 11) is -3.67. The highest BCUT2D eigenvalue weighted by Crippen LogP contribution is 2.17. The van der Waals surface area contributed by atoms with E-state index in [1.54, 1.807) is 38.1 Å². The van der Waals surface area contributed by atoms with Crippen LogP contribution in [-0.4, -0.2) is 38.4 Å². The summed E-state index contributed by atoms with van der Waals surface area (Å²) in [5.41, 5.74) is 0.984.